The van der Waals surface area contributed by atoms with Crippen molar-refractivity contribution in [3.05, 3.63) is 66.0 Å². The molecule has 0 unspecified atom stereocenters. The number of tetrazole rings is 1. The number of hydrogen-bond acceptors (Lipinski definition) is 5. The Hall–Kier alpha value is -3.33. The van der Waals surface area contributed by atoms with E-state index in [1.165, 1.54) is 16.6 Å². The van der Waals surface area contributed by atoms with Gasteiger partial charge in [-0.1, -0.05) is 26.0 Å². The molecule has 9 heteroatoms. The van der Waals surface area contributed by atoms with Gasteiger partial charge in [0.15, 0.2) is 5.11 Å². The van der Waals surface area contributed by atoms with Gasteiger partial charge in [0.25, 0.3) is 5.91 Å². The van der Waals surface area contributed by atoms with E-state index in [1.807, 2.05) is 24.3 Å². The molecule has 0 fully saturated rings. The minimum atomic E-state index is -0.308. The van der Waals surface area contributed by atoms with Gasteiger partial charge < -0.3 is 5.32 Å². The van der Waals surface area contributed by atoms with Crippen molar-refractivity contribution < 1.29 is 4.79 Å². The fourth-order valence-corrected chi connectivity index (χ4v) is 2.51. The first-order valence-corrected chi connectivity index (χ1v) is 8.74. The summed E-state index contributed by atoms with van der Waals surface area (Å²) >= 11 is 5.20. The molecule has 1 heterocycles. The molecule has 1 amide bonds. The number of carbonyl (C=O) groups is 1. The molecule has 3 aromatic rings. The molecule has 1 aromatic heterocycles. The minimum Gasteiger partial charge on any atom is -0.331 e. The molecule has 3 rings (SSSR count). The zero-order chi connectivity index (χ0) is 19.2. The Morgan fingerprint density at radius 1 is 1.04 bits per heavy atom. The lowest BCUT2D eigenvalue weighted by Crippen LogP contribution is -2.43. The number of nitrogens with zero attached hydrogens (tertiary/aromatic N) is 4. The second-order valence-electron chi connectivity index (χ2n) is 6.11. The van der Waals surface area contributed by atoms with E-state index in [9.17, 15) is 4.79 Å². The van der Waals surface area contributed by atoms with Crippen LogP contribution in [0, 0.1) is 0 Å². The van der Waals surface area contributed by atoms with Crippen LogP contribution >= 0.6 is 12.2 Å². The fourth-order valence-electron chi connectivity index (χ4n) is 2.34. The Morgan fingerprint density at radius 3 is 2.33 bits per heavy atom. The SMILES string of the molecule is CC(C)c1ccc(NC(=S)NNC(=O)c2ccc(-n3cnnn3)cc2)cc1. The van der Waals surface area contributed by atoms with E-state index in [0.717, 1.165) is 11.4 Å². The topological polar surface area (TPSA) is 96.8 Å². The van der Waals surface area contributed by atoms with Crippen molar-refractivity contribution in [2.24, 2.45) is 0 Å². The predicted molar refractivity (Wildman–Crippen MR) is 107 cm³/mol. The summed E-state index contributed by atoms with van der Waals surface area (Å²) in [6.45, 7) is 4.28. The van der Waals surface area contributed by atoms with Gasteiger partial charge in [0.05, 0.1) is 5.69 Å². The summed E-state index contributed by atoms with van der Waals surface area (Å²) in [4.78, 5) is 12.2. The van der Waals surface area contributed by atoms with Crippen molar-refractivity contribution in [1.82, 2.24) is 31.1 Å². The smallest absolute Gasteiger partial charge is 0.269 e. The highest BCUT2D eigenvalue weighted by Gasteiger charge is 2.07. The van der Waals surface area contributed by atoms with Crippen molar-refractivity contribution in [3.63, 3.8) is 0 Å². The lowest BCUT2D eigenvalue weighted by molar-refractivity contribution is 0.0944. The highest BCUT2D eigenvalue weighted by atomic mass is 32.1. The maximum atomic E-state index is 12.2. The number of anilines is 1. The van der Waals surface area contributed by atoms with E-state index in [1.54, 1.807) is 24.3 Å². The molecule has 8 nitrogen and oxygen atoms in total. The molecule has 0 saturated carbocycles. The highest BCUT2D eigenvalue weighted by Crippen LogP contribution is 2.17. The van der Waals surface area contributed by atoms with Gasteiger partial charge in [-0.3, -0.25) is 15.6 Å². The molecule has 27 heavy (non-hydrogen) atoms. The van der Waals surface area contributed by atoms with Crippen LogP contribution in [0.4, 0.5) is 5.69 Å². The quantitative estimate of drug-likeness (QED) is 0.472. The van der Waals surface area contributed by atoms with Crippen LogP contribution in [0.1, 0.15) is 35.7 Å². The molecular weight excluding hydrogens is 362 g/mol. The van der Waals surface area contributed by atoms with Crippen molar-refractivity contribution in [3.8, 4) is 5.69 Å². The van der Waals surface area contributed by atoms with Gasteiger partial charge in [0.1, 0.15) is 6.33 Å². The van der Waals surface area contributed by atoms with Gasteiger partial charge in [0.2, 0.25) is 0 Å². The van der Waals surface area contributed by atoms with Gasteiger partial charge in [-0.15, -0.1) is 5.10 Å². The standard InChI is InChI=1S/C18H19N7OS/c1-12(2)13-3-7-15(8-4-13)20-18(27)22-21-17(26)14-5-9-16(10-6-14)25-11-19-23-24-25/h3-12H,1-2H3,(H,21,26)(H2,20,22,27). The van der Waals surface area contributed by atoms with Crippen LogP contribution in [-0.2, 0) is 0 Å². The first kappa shape index (κ1) is 18.5. The van der Waals surface area contributed by atoms with E-state index in [2.05, 4.69) is 45.5 Å². The van der Waals surface area contributed by atoms with Crippen molar-refractivity contribution in [1.29, 1.82) is 0 Å². The second kappa shape index (κ2) is 8.37. The van der Waals surface area contributed by atoms with Gasteiger partial charge in [-0.25, -0.2) is 4.68 Å². The van der Waals surface area contributed by atoms with Gasteiger partial charge in [-0.05, 0) is 70.5 Å². The lowest BCUT2D eigenvalue weighted by Gasteiger charge is -2.13. The molecule has 0 saturated heterocycles. The zero-order valence-corrected chi connectivity index (χ0v) is 15.7. The Labute approximate surface area is 161 Å². The summed E-state index contributed by atoms with van der Waals surface area (Å²) < 4.78 is 1.50. The molecule has 0 spiro atoms. The molecule has 3 N–H and O–H groups in total. The van der Waals surface area contributed by atoms with Crippen LogP contribution in [0.15, 0.2) is 54.9 Å². The van der Waals surface area contributed by atoms with E-state index >= 15 is 0 Å². The van der Waals surface area contributed by atoms with Gasteiger partial charge in [0, 0.05) is 11.3 Å². The summed E-state index contributed by atoms with van der Waals surface area (Å²) in [6, 6.07) is 14.8. The van der Waals surface area contributed by atoms with Crippen LogP contribution in [0.3, 0.4) is 0 Å². The molecule has 0 bridgehead atoms. The number of thiocarbonyl (C=S) groups is 1. The molecule has 0 aliphatic carbocycles. The minimum absolute atomic E-state index is 0.297. The number of hydrazine groups is 1. The summed E-state index contributed by atoms with van der Waals surface area (Å²) in [5, 5.41) is 14.3. The summed E-state index contributed by atoms with van der Waals surface area (Å²) in [5.74, 6) is 0.160. The first-order valence-electron chi connectivity index (χ1n) is 8.33. The number of amides is 1. The van der Waals surface area contributed by atoms with E-state index < -0.39 is 0 Å². The fraction of sp³-hybridized carbons (Fsp3) is 0.167. The molecule has 0 radical (unpaired) electrons. The van der Waals surface area contributed by atoms with Crippen LogP contribution in [-0.4, -0.2) is 31.2 Å². The number of rotatable bonds is 4. The Morgan fingerprint density at radius 2 is 1.74 bits per heavy atom. The maximum Gasteiger partial charge on any atom is 0.269 e. The molecule has 0 aliphatic heterocycles. The van der Waals surface area contributed by atoms with Crippen LogP contribution in [0.25, 0.3) is 5.69 Å². The van der Waals surface area contributed by atoms with Crippen LogP contribution in [0.5, 0.6) is 0 Å². The summed E-state index contributed by atoms with van der Waals surface area (Å²) in [5.41, 5.74) is 8.58. The average Bonchev–Trinajstić information content (AvgIpc) is 3.21. The van der Waals surface area contributed by atoms with Crippen molar-refractivity contribution in [2.45, 2.75) is 19.8 Å². The average molecular weight is 381 g/mol. The number of carbonyl (C=O) groups excluding carboxylic acids is 1. The Bertz CT molecular complexity index is 906. The molecule has 0 aliphatic rings. The van der Waals surface area contributed by atoms with Crippen molar-refractivity contribution >= 4 is 28.9 Å². The van der Waals surface area contributed by atoms with E-state index in [4.69, 9.17) is 12.2 Å². The van der Waals surface area contributed by atoms with Crippen LogP contribution in [0.2, 0.25) is 0 Å². The number of hydrogen-bond donors (Lipinski definition) is 3. The van der Waals surface area contributed by atoms with Gasteiger partial charge >= 0.3 is 0 Å². The van der Waals surface area contributed by atoms with E-state index in [0.29, 0.717) is 16.6 Å². The second-order valence-corrected chi connectivity index (χ2v) is 6.52. The molecule has 0 atom stereocenters. The third-order valence-corrected chi connectivity index (χ3v) is 4.07. The third kappa shape index (κ3) is 4.85. The van der Waals surface area contributed by atoms with E-state index in [-0.39, 0.29) is 5.91 Å². The third-order valence-electron chi connectivity index (χ3n) is 3.87. The molecule has 2 aromatic carbocycles. The van der Waals surface area contributed by atoms with Crippen molar-refractivity contribution in [2.75, 3.05) is 5.32 Å². The highest BCUT2D eigenvalue weighted by molar-refractivity contribution is 7.80. The molecule has 138 valence electrons. The number of nitrogens with one attached hydrogen (secondary N) is 3. The van der Waals surface area contributed by atoms with Crippen LogP contribution < -0.4 is 16.2 Å². The largest absolute Gasteiger partial charge is 0.331 e. The first-order chi connectivity index (χ1) is 13.0. The Kier molecular flexibility index (Phi) is 5.72. The molecular formula is C18H19N7OS. The summed E-state index contributed by atoms with van der Waals surface area (Å²) in [7, 11) is 0. The summed E-state index contributed by atoms with van der Waals surface area (Å²) in [6.07, 6.45) is 1.48. The lowest BCUT2D eigenvalue weighted by atomic mass is 10.0. The number of benzene rings is 2. The maximum absolute atomic E-state index is 12.2. The van der Waals surface area contributed by atoms with Gasteiger partial charge in [-0.2, -0.15) is 0 Å². The normalized spacial score (nSPS) is 10.5. The zero-order valence-electron chi connectivity index (χ0n) is 14.9. The monoisotopic (exact) mass is 381 g/mol. The Balaban J connectivity index is 1.51. The number of aromatic nitrogens is 4. The predicted octanol–water partition coefficient (Wildman–Crippen LogP) is 2.42.